The Morgan fingerprint density at radius 1 is 1.05 bits per heavy atom. The van der Waals surface area contributed by atoms with Crippen LogP contribution in [-0.2, 0) is 0 Å². The Kier molecular flexibility index (Phi) is 6.44. The molecule has 114 valence electrons. The Morgan fingerprint density at radius 2 is 1.60 bits per heavy atom. The number of nitrogens with zero attached hydrogens (tertiary/aromatic N) is 4. The van der Waals surface area contributed by atoms with E-state index in [9.17, 15) is 0 Å². The largest absolute Gasteiger partial charge is 0.467 e. The van der Waals surface area contributed by atoms with Crippen LogP contribution in [0.15, 0.2) is 0 Å². The molecule has 0 spiro atoms. The van der Waals surface area contributed by atoms with Gasteiger partial charge in [0.1, 0.15) is 0 Å². The highest BCUT2D eigenvalue weighted by atomic mass is 16.5. The number of hydrogen-bond donors (Lipinski definition) is 1. The van der Waals surface area contributed by atoms with Crippen LogP contribution in [0, 0.1) is 5.92 Å². The van der Waals surface area contributed by atoms with E-state index in [4.69, 9.17) is 9.47 Å². The molecule has 0 saturated heterocycles. The minimum absolute atomic E-state index is 0.243. The van der Waals surface area contributed by atoms with Gasteiger partial charge in [-0.3, -0.25) is 0 Å². The summed E-state index contributed by atoms with van der Waals surface area (Å²) in [4.78, 5) is 14.5. The van der Waals surface area contributed by atoms with E-state index in [0.29, 0.717) is 11.9 Å². The van der Waals surface area contributed by atoms with E-state index in [1.54, 1.807) is 0 Å². The van der Waals surface area contributed by atoms with Crippen molar-refractivity contribution in [3.8, 4) is 12.0 Å². The van der Waals surface area contributed by atoms with Crippen molar-refractivity contribution in [2.24, 2.45) is 5.92 Å². The highest BCUT2D eigenvalue weighted by molar-refractivity contribution is 5.29. The third-order valence-corrected chi connectivity index (χ3v) is 2.63. The molecule has 0 amide bonds. The van der Waals surface area contributed by atoms with Crippen molar-refractivity contribution in [1.82, 2.24) is 19.9 Å². The van der Waals surface area contributed by atoms with Crippen LogP contribution >= 0.6 is 0 Å². The minimum Gasteiger partial charge on any atom is -0.467 e. The normalized spacial score (nSPS) is 12.6. The Morgan fingerprint density at radius 3 is 2.00 bits per heavy atom. The molecular formula is C13H25N5O2. The van der Waals surface area contributed by atoms with Gasteiger partial charge in [-0.2, -0.15) is 9.97 Å². The molecule has 0 aromatic carbocycles. The molecule has 0 aliphatic heterocycles. The molecule has 7 heteroatoms. The minimum atomic E-state index is 0.243. The molecule has 1 atom stereocenters. The highest BCUT2D eigenvalue weighted by Gasteiger charge is 2.15. The van der Waals surface area contributed by atoms with E-state index in [2.05, 4.69) is 39.0 Å². The van der Waals surface area contributed by atoms with E-state index in [0.717, 1.165) is 13.0 Å². The van der Waals surface area contributed by atoms with Gasteiger partial charge in [0.25, 0.3) is 0 Å². The average Bonchev–Trinajstić information content (AvgIpc) is 2.36. The van der Waals surface area contributed by atoms with E-state index < -0.39 is 0 Å². The molecule has 0 saturated carbocycles. The molecule has 0 fully saturated rings. The number of hydrogen-bond acceptors (Lipinski definition) is 7. The van der Waals surface area contributed by atoms with Gasteiger partial charge in [-0.25, -0.2) is 0 Å². The smallest absolute Gasteiger partial charge is 0.324 e. The summed E-state index contributed by atoms with van der Waals surface area (Å²) in [6, 6.07) is 0.738. The number of ether oxygens (including phenoxy) is 2. The van der Waals surface area contributed by atoms with Gasteiger partial charge in [0.15, 0.2) is 0 Å². The van der Waals surface area contributed by atoms with Gasteiger partial charge < -0.3 is 19.7 Å². The van der Waals surface area contributed by atoms with E-state index >= 15 is 0 Å². The van der Waals surface area contributed by atoms with E-state index in [-0.39, 0.29) is 18.1 Å². The fourth-order valence-corrected chi connectivity index (χ4v) is 1.96. The molecule has 1 unspecified atom stereocenters. The van der Waals surface area contributed by atoms with Crippen molar-refractivity contribution < 1.29 is 9.47 Å². The van der Waals surface area contributed by atoms with Gasteiger partial charge in [0, 0.05) is 12.6 Å². The van der Waals surface area contributed by atoms with E-state index in [1.807, 2.05) is 14.1 Å². The van der Waals surface area contributed by atoms with Crippen LogP contribution < -0.4 is 14.8 Å². The number of anilines is 1. The van der Waals surface area contributed by atoms with Crippen molar-refractivity contribution in [3.63, 3.8) is 0 Å². The zero-order valence-corrected chi connectivity index (χ0v) is 13.2. The lowest BCUT2D eigenvalue weighted by Gasteiger charge is -2.24. The van der Waals surface area contributed by atoms with Gasteiger partial charge in [-0.05, 0) is 26.4 Å². The molecule has 20 heavy (non-hydrogen) atoms. The second kappa shape index (κ2) is 7.84. The van der Waals surface area contributed by atoms with Crippen molar-refractivity contribution in [2.75, 3.05) is 40.2 Å². The predicted molar refractivity (Wildman–Crippen MR) is 78.4 cm³/mol. The summed E-state index contributed by atoms with van der Waals surface area (Å²) in [6.07, 6.45) is 1.02. The van der Waals surface area contributed by atoms with Gasteiger partial charge in [0.2, 0.25) is 5.95 Å². The van der Waals surface area contributed by atoms with Crippen molar-refractivity contribution in [3.05, 3.63) is 0 Å². The van der Waals surface area contributed by atoms with Gasteiger partial charge in [-0.15, -0.1) is 4.98 Å². The molecule has 7 nitrogen and oxygen atoms in total. The Hall–Kier alpha value is -1.63. The molecule has 1 aromatic heterocycles. The lowest BCUT2D eigenvalue weighted by molar-refractivity contribution is 0.337. The second-order valence-electron chi connectivity index (χ2n) is 5.37. The summed E-state index contributed by atoms with van der Waals surface area (Å²) >= 11 is 0. The lowest BCUT2D eigenvalue weighted by Crippen LogP contribution is -2.34. The fourth-order valence-electron chi connectivity index (χ4n) is 1.96. The van der Waals surface area contributed by atoms with Crippen LogP contribution in [0.25, 0.3) is 0 Å². The Balaban J connectivity index is 2.85. The third-order valence-electron chi connectivity index (χ3n) is 2.63. The zero-order valence-electron chi connectivity index (χ0n) is 13.2. The number of aromatic nitrogens is 3. The predicted octanol–water partition coefficient (Wildman–Crippen LogP) is 1.28. The topological polar surface area (TPSA) is 72.4 Å². The maximum Gasteiger partial charge on any atom is 0.324 e. The zero-order chi connectivity index (χ0) is 15.1. The first-order valence-electron chi connectivity index (χ1n) is 6.70. The first kappa shape index (κ1) is 16.4. The first-order valence-corrected chi connectivity index (χ1v) is 6.70. The maximum absolute atomic E-state index is 5.05. The second-order valence-corrected chi connectivity index (χ2v) is 5.37. The molecule has 1 N–H and O–H groups in total. The van der Waals surface area contributed by atoms with Crippen molar-refractivity contribution >= 4 is 5.95 Å². The van der Waals surface area contributed by atoms with Gasteiger partial charge in [0.05, 0.1) is 14.2 Å². The molecule has 1 aromatic rings. The number of rotatable bonds is 8. The summed E-state index contributed by atoms with van der Waals surface area (Å²) in [6.45, 7) is 5.28. The maximum atomic E-state index is 5.05. The van der Waals surface area contributed by atoms with Crippen molar-refractivity contribution in [1.29, 1.82) is 0 Å². The van der Waals surface area contributed by atoms with Crippen molar-refractivity contribution in [2.45, 2.75) is 26.3 Å². The number of methoxy groups -OCH3 is 2. The molecule has 1 rings (SSSR count). The van der Waals surface area contributed by atoms with Crippen LogP contribution in [0.3, 0.4) is 0 Å². The lowest BCUT2D eigenvalue weighted by atomic mass is 10.0. The Labute approximate surface area is 120 Å². The summed E-state index contributed by atoms with van der Waals surface area (Å²) < 4.78 is 10.1. The third kappa shape index (κ3) is 5.56. The summed E-state index contributed by atoms with van der Waals surface area (Å²) in [5.41, 5.74) is 0. The first-order chi connectivity index (χ1) is 9.44. The van der Waals surface area contributed by atoms with Gasteiger partial charge >= 0.3 is 12.0 Å². The quantitative estimate of drug-likeness (QED) is 0.770. The molecule has 1 heterocycles. The molecule has 0 bridgehead atoms. The molecule has 0 aliphatic carbocycles. The van der Waals surface area contributed by atoms with Crippen LogP contribution in [0.5, 0.6) is 12.0 Å². The molecule has 0 aliphatic rings. The van der Waals surface area contributed by atoms with Crippen LogP contribution in [-0.4, -0.2) is 60.8 Å². The fraction of sp³-hybridized carbons (Fsp3) is 0.769. The van der Waals surface area contributed by atoms with Crippen LogP contribution in [0.2, 0.25) is 0 Å². The summed E-state index contributed by atoms with van der Waals surface area (Å²) in [7, 11) is 7.13. The molecule has 0 radical (unpaired) electrons. The van der Waals surface area contributed by atoms with E-state index in [1.165, 1.54) is 14.2 Å². The SMILES string of the molecule is COc1nc(NC(CC(C)C)CN(C)C)nc(OC)n1. The number of likely N-dealkylation sites (N-methyl/N-ethyl adjacent to an activating group) is 1. The van der Waals surface area contributed by atoms with Crippen LogP contribution in [0.4, 0.5) is 5.95 Å². The van der Waals surface area contributed by atoms with Gasteiger partial charge in [-0.1, -0.05) is 13.8 Å². The Bertz CT molecular complexity index is 379. The average molecular weight is 283 g/mol. The monoisotopic (exact) mass is 283 g/mol. The highest BCUT2D eigenvalue weighted by Crippen LogP contribution is 2.15. The summed E-state index contributed by atoms with van der Waals surface area (Å²) in [5, 5.41) is 3.33. The number of nitrogens with one attached hydrogen (secondary N) is 1. The standard InChI is InChI=1S/C13H25N5O2/c1-9(2)7-10(8-18(3)4)14-11-15-12(19-5)17-13(16-11)20-6/h9-10H,7-8H2,1-6H3,(H,14,15,16,17). The van der Waals surface area contributed by atoms with Crippen LogP contribution in [0.1, 0.15) is 20.3 Å². The summed E-state index contributed by atoms with van der Waals surface area (Å²) in [5.74, 6) is 1.05. The molecular weight excluding hydrogens is 258 g/mol.